The molecule has 1 heterocycles. The minimum atomic E-state index is -4.62. The van der Waals surface area contributed by atoms with Gasteiger partial charge in [-0.15, -0.1) is 0 Å². The number of carbonyl (C=O) groups is 1. The van der Waals surface area contributed by atoms with E-state index in [2.05, 4.69) is 10.3 Å². The summed E-state index contributed by atoms with van der Waals surface area (Å²) in [5.74, 6) is -1.17. The van der Waals surface area contributed by atoms with Crippen LogP contribution < -0.4 is 10.1 Å². The first kappa shape index (κ1) is 13.9. The Balaban J connectivity index is 2.41. The largest absolute Gasteiger partial charge is 0.474 e. The first-order valence-corrected chi connectivity index (χ1v) is 5.87. The van der Waals surface area contributed by atoms with Crippen molar-refractivity contribution in [3.05, 3.63) is 16.7 Å². The number of pyridine rings is 1. The van der Waals surface area contributed by atoms with Crippen LogP contribution in [0.3, 0.4) is 0 Å². The number of ether oxygens (including phenoxy) is 1. The van der Waals surface area contributed by atoms with Gasteiger partial charge >= 0.3 is 6.18 Å². The van der Waals surface area contributed by atoms with Crippen LogP contribution in [0.4, 0.5) is 19.0 Å². The number of carbonyl (C=O) groups excluding carboxylic acids is 1. The van der Waals surface area contributed by atoms with E-state index in [1.165, 1.54) is 6.92 Å². The van der Waals surface area contributed by atoms with Gasteiger partial charge in [0.1, 0.15) is 11.7 Å². The van der Waals surface area contributed by atoms with E-state index in [1.54, 1.807) is 0 Å². The Labute approximate surface area is 111 Å². The minimum absolute atomic E-state index is 0.141. The first-order chi connectivity index (χ1) is 8.77. The van der Waals surface area contributed by atoms with Gasteiger partial charge in [0.05, 0.1) is 5.02 Å². The minimum Gasteiger partial charge on any atom is -0.474 e. The Bertz CT molecular complexity index is 515. The fraction of sp³-hybridized carbons (Fsp3) is 0.455. The predicted molar refractivity (Wildman–Crippen MR) is 62.2 cm³/mol. The van der Waals surface area contributed by atoms with Crippen LogP contribution in [0.15, 0.2) is 6.07 Å². The maximum absolute atomic E-state index is 12.8. The van der Waals surface area contributed by atoms with Crippen molar-refractivity contribution in [2.45, 2.75) is 32.0 Å². The SMILES string of the molecule is CC(=O)Nc1nc(OC2CC2)c(C(F)(F)F)cc1Cl. The van der Waals surface area contributed by atoms with Gasteiger partial charge in [-0.2, -0.15) is 18.2 Å². The van der Waals surface area contributed by atoms with Crippen molar-refractivity contribution < 1.29 is 22.7 Å². The zero-order valence-electron chi connectivity index (χ0n) is 9.84. The molecule has 1 aromatic rings. The Morgan fingerprint density at radius 2 is 2.16 bits per heavy atom. The van der Waals surface area contributed by atoms with Crippen molar-refractivity contribution in [2.75, 3.05) is 5.32 Å². The number of aromatic nitrogens is 1. The molecular weight excluding hydrogens is 285 g/mol. The molecule has 1 saturated carbocycles. The Hall–Kier alpha value is -1.50. The summed E-state index contributed by atoms with van der Waals surface area (Å²) in [6, 6.07) is 0.706. The monoisotopic (exact) mass is 294 g/mol. The molecule has 1 aliphatic carbocycles. The highest BCUT2D eigenvalue weighted by Gasteiger charge is 2.38. The zero-order chi connectivity index (χ0) is 14.2. The Morgan fingerprint density at radius 1 is 1.53 bits per heavy atom. The molecular formula is C11H10ClF3N2O2. The van der Waals surface area contributed by atoms with E-state index in [-0.39, 0.29) is 16.9 Å². The smallest absolute Gasteiger partial charge is 0.421 e. The number of alkyl halides is 3. The van der Waals surface area contributed by atoms with E-state index in [1.807, 2.05) is 0 Å². The Morgan fingerprint density at radius 3 is 2.63 bits per heavy atom. The number of nitrogens with zero attached hydrogens (tertiary/aromatic N) is 1. The quantitative estimate of drug-likeness (QED) is 0.931. The van der Waals surface area contributed by atoms with Crippen molar-refractivity contribution in [1.29, 1.82) is 0 Å². The third-order valence-electron chi connectivity index (χ3n) is 2.34. The lowest BCUT2D eigenvalue weighted by molar-refractivity contribution is -0.139. The molecule has 0 unspecified atom stereocenters. The second kappa shape index (κ2) is 4.88. The second-order valence-corrected chi connectivity index (χ2v) is 4.57. The van der Waals surface area contributed by atoms with Gasteiger partial charge in [-0.3, -0.25) is 4.79 Å². The summed E-state index contributed by atoms with van der Waals surface area (Å²) in [5.41, 5.74) is -1.04. The molecule has 1 N–H and O–H groups in total. The molecule has 0 aromatic carbocycles. The van der Waals surface area contributed by atoms with Gasteiger partial charge in [0.2, 0.25) is 11.8 Å². The highest BCUT2D eigenvalue weighted by molar-refractivity contribution is 6.33. The molecule has 0 aliphatic heterocycles. The summed E-state index contributed by atoms with van der Waals surface area (Å²) in [5, 5.41) is 1.97. The number of anilines is 1. The number of hydrogen-bond acceptors (Lipinski definition) is 3. The highest BCUT2D eigenvalue weighted by atomic mass is 35.5. The van der Waals surface area contributed by atoms with Crippen LogP contribution in [-0.4, -0.2) is 17.0 Å². The molecule has 2 rings (SSSR count). The number of halogens is 4. The van der Waals surface area contributed by atoms with Crippen LogP contribution in [0.5, 0.6) is 5.88 Å². The molecule has 0 spiro atoms. The van der Waals surface area contributed by atoms with E-state index < -0.39 is 23.5 Å². The number of hydrogen-bond donors (Lipinski definition) is 1. The molecule has 1 amide bonds. The van der Waals surface area contributed by atoms with Gasteiger partial charge in [0.25, 0.3) is 0 Å². The standard InChI is InChI=1S/C11H10ClF3N2O2/c1-5(18)16-9-8(12)4-7(11(13,14)15)10(17-9)19-6-2-3-6/h4,6H,2-3H2,1H3,(H,16,17,18). The van der Waals surface area contributed by atoms with Crippen molar-refractivity contribution in [2.24, 2.45) is 0 Å². The molecule has 4 nitrogen and oxygen atoms in total. The molecule has 8 heteroatoms. The lowest BCUT2D eigenvalue weighted by Crippen LogP contribution is -2.14. The Kier molecular flexibility index (Phi) is 3.58. The number of nitrogens with one attached hydrogen (secondary N) is 1. The fourth-order valence-electron chi connectivity index (χ4n) is 1.36. The lowest BCUT2D eigenvalue weighted by atomic mass is 10.2. The van der Waals surface area contributed by atoms with Gasteiger partial charge in [0.15, 0.2) is 5.82 Å². The van der Waals surface area contributed by atoms with Gasteiger partial charge < -0.3 is 10.1 Å². The van der Waals surface area contributed by atoms with E-state index >= 15 is 0 Å². The summed E-state index contributed by atoms with van der Waals surface area (Å²) in [6.07, 6.45) is -3.48. The normalized spacial score (nSPS) is 15.2. The summed E-state index contributed by atoms with van der Waals surface area (Å²) in [7, 11) is 0. The second-order valence-electron chi connectivity index (χ2n) is 4.17. The zero-order valence-corrected chi connectivity index (χ0v) is 10.6. The van der Waals surface area contributed by atoms with Crippen LogP contribution in [0.2, 0.25) is 5.02 Å². The third kappa shape index (κ3) is 3.50. The van der Waals surface area contributed by atoms with Gasteiger partial charge in [-0.05, 0) is 18.9 Å². The average Bonchev–Trinajstić information content (AvgIpc) is 3.04. The number of rotatable bonds is 3. The van der Waals surface area contributed by atoms with E-state index in [0.29, 0.717) is 18.9 Å². The van der Waals surface area contributed by atoms with Crippen molar-refractivity contribution in [3.8, 4) is 5.88 Å². The summed E-state index contributed by atoms with van der Waals surface area (Å²) < 4.78 is 43.6. The molecule has 1 aliphatic rings. The van der Waals surface area contributed by atoms with E-state index in [0.717, 1.165) is 0 Å². The summed E-state index contributed by atoms with van der Waals surface area (Å²) in [4.78, 5) is 14.6. The maximum atomic E-state index is 12.8. The number of amides is 1. The first-order valence-electron chi connectivity index (χ1n) is 5.49. The van der Waals surface area contributed by atoms with Crippen molar-refractivity contribution in [1.82, 2.24) is 4.98 Å². The highest BCUT2D eigenvalue weighted by Crippen LogP contribution is 2.40. The molecule has 19 heavy (non-hydrogen) atoms. The van der Waals surface area contributed by atoms with Crippen LogP contribution in [-0.2, 0) is 11.0 Å². The predicted octanol–water partition coefficient (Wildman–Crippen LogP) is 3.25. The summed E-state index contributed by atoms with van der Waals surface area (Å²) in [6.45, 7) is 1.21. The lowest BCUT2D eigenvalue weighted by Gasteiger charge is -2.15. The fourth-order valence-corrected chi connectivity index (χ4v) is 1.56. The maximum Gasteiger partial charge on any atom is 0.421 e. The van der Waals surface area contributed by atoms with Crippen LogP contribution in [0.1, 0.15) is 25.3 Å². The molecule has 1 fully saturated rings. The van der Waals surface area contributed by atoms with Crippen LogP contribution in [0.25, 0.3) is 0 Å². The van der Waals surface area contributed by atoms with Gasteiger partial charge in [0, 0.05) is 6.92 Å². The van der Waals surface area contributed by atoms with Crippen molar-refractivity contribution >= 4 is 23.3 Å². The molecule has 1 aromatic heterocycles. The third-order valence-corrected chi connectivity index (χ3v) is 2.63. The summed E-state index contributed by atoms with van der Waals surface area (Å²) >= 11 is 5.67. The topological polar surface area (TPSA) is 51.2 Å². The average molecular weight is 295 g/mol. The molecule has 0 radical (unpaired) electrons. The van der Waals surface area contributed by atoms with Gasteiger partial charge in [-0.1, -0.05) is 11.6 Å². The molecule has 0 atom stereocenters. The van der Waals surface area contributed by atoms with Crippen LogP contribution in [0, 0.1) is 0 Å². The molecule has 0 saturated heterocycles. The van der Waals surface area contributed by atoms with E-state index in [9.17, 15) is 18.0 Å². The van der Waals surface area contributed by atoms with Crippen molar-refractivity contribution in [3.63, 3.8) is 0 Å². The molecule has 104 valence electrons. The van der Waals surface area contributed by atoms with E-state index in [4.69, 9.17) is 16.3 Å². The molecule has 0 bridgehead atoms. The van der Waals surface area contributed by atoms with Crippen LogP contribution >= 0.6 is 11.6 Å². The van der Waals surface area contributed by atoms with Gasteiger partial charge in [-0.25, -0.2) is 0 Å².